The molecular weight excluding hydrogens is 434 g/mol. The number of carbonyl (C=O) groups excluding carboxylic acids is 2. The van der Waals surface area contributed by atoms with Crippen LogP contribution >= 0.6 is 11.6 Å². The van der Waals surface area contributed by atoms with E-state index in [0.717, 1.165) is 0 Å². The maximum Gasteiger partial charge on any atom is 0.336 e. The normalized spacial score (nSPS) is 17.2. The van der Waals surface area contributed by atoms with Crippen LogP contribution in [0.5, 0.6) is 0 Å². The van der Waals surface area contributed by atoms with Crippen LogP contribution in [0.2, 0.25) is 5.02 Å². The van der Waals surface area contributed by atoms with Crippen molar-refractivity contribution in [2.24, 2.45) is 5.92 Å². The molecule has 1 saturated heterocycles. The molecule has 1 fully saturated rings. The summed E-state index contributed by atoms with van der Waals surface area (Å²) in [6.45, 7) is 0.462. The molecule has 1 aliphatic heterocycles. The Morgan fingerprint density at radius 2 is 1.94 bits per heavy atom. The second-order valence-electron chi connectivity index (χ2n) is 7.79. The van der Waals surface area contributed by atoms with E-state index < -0.39 is 29.3 Å². The van der Waals surface area contributed by atoms with Crippen molar-refractivity contribution in [1.82, 2.24) is 4.90 Å². The number of carboxylic acid groups (broad SMARTS) is 1. The van der Waals surface area contributed by atoms with Crippen LogP contribution in [0, 0.1) is 5.92 Å². The van der Waals surface area contributed by atoms with Crippen molar-refractivity contribution in [3.63, 3.8) is 0 Å². The van der Waals surface area contributed by atoms with Gasteiger partial charge < -0.3 is 19.2 Å². The summed E-state index contributed by atoms with van der Waals surface area (Å²) < 4.78 is 5.36. The van der Waals surface area contributed by atoms with Crippen molar-refractivity contribution in [3.05, 3.63) is 69.5 Å². The van der Waals surface area contributed by atoms with Gasteiger partial charge in [-0.2, -0.15) is 0 Å². The molecule has 3 aromatic rings. The van der Waals surface area contributed by atoms with Gasteiger partial charge in [0.1, 0.15) is 17.8 Å². The first-order chi connectivity index (χ1) is 15.4. The molecule has 2 atom stereocenters. The first-order valence-electron chi connectivity index (χ1n) is 10.2. The first-order valence-corrected chi connectivity index (χ1v) is 10.6. The van der Waals surface area contributed by atoms with E-state index in [0.29, 0.717) is 52.8 Å². The molecule has 1 amide bonds. The van der Waals surface area contributed by atoms with Crippen LogP contribution in [0.3, 0.4) is 0 Å². The van der Waals surface area contributed by atoms with Gasteiger partial charge in [-0.05, 0) is 30.5 Å². The predicted molar refractivity (Wildman–Crippen MR) is 119 cm³/mol. The zero-order valence-corrected chi connectivity index (χ0v) is 17.7. The van der Waals surface area contributed by atoms with E-state index in [4.69, 9.17) is 16.0 Å². The average Bonchev–Trinajstić information content (AvgIpc) is 2.79. The number of aliphatic carboxylic acids is 1. The van der Waals surface area contributed by atoms with E-state index >= 15 is 0 Å². The third-order valence-electron chi connectivity index (χ3n) is 5.78. The number of piperidine rings is 1. The van der Waals surface area contributed by atoms with Gasteiger partial charge in [0, 0.05) is 40.7 Å². The third-order valence-corrected chi connectivity index (χ3v) is 6.11. The van der Waals surface area contributed by atoms with E-state index in [-0.39, 0.29) is 12.1 Å². The average molecular weight is 454 g/mol. The highest BCUT2D eigenvalue weighted by atomic mass is 35.5. The second kappa shape index (κ2) is 8.96. The minimum Gasteiger partial charge on any atom is -0.481 e. The Labute approximate surface area is 188 Å². The summed E-state index contributed by atoms with van der Waals surface area (Å²) in [5, 5.41) is 10.4. The number of rotatable bonds is 5. The van der Waals surface area contributed by atoms with Gasteiger partial charge in [-0.1, -0.05) is 41.9 Å². The Bertz CT molecular complexity index is 1270. The van der Waals surface area contributed by atoms with Gasteiger partial charge in [-0.15, -0.1) is 0 Å². The Hall–Kier alpha value is -3.45. The number of nitrogens with zero attached hydrogens (tertiary/aromatic N) is 1. The van der Waals surface area contributed by atoms with Crippen molar-refractivity contribution < 1.29 is 23.9 Å². The molecule has 0 radical (unpaired) electrons. The Morgan fingerprint density at radius 3 is 2.66 bits per heavy atom. The van der Waals surface area contributed by atoms with Gasteiger partial charge in [0.25, 0.3) is 0 Å². The molecule has 1 aromatic heterocycles. The summed E-state index contributed by atoms with van der Waals surface area (Å²) in [7, 11) is 0. The lowest BCUT2D eigenvalue weighted by atomic mass is 9.93. The number of benzene rings is 2. The summed E-state index contributed by atoms with van der Waals surface area (Å²) in [6.07, 6.45) is 1.59. The van der Waals surface area contributed by atoms with Crippen LogP contribution in [0.4, 0.5) is 0 Å². The molecule has 0 spiro atoms. The van der Waals surface area contributed by atoms with Crippen LogP contribution in [-0.2, 0) is 14.4 Å². The molecule has 1 N–H and O–H groups in total. The fourth-order valence-electron chi connectivity index (χ4n) is 4.13. The van der Waals surface area contributed by atoms with Gasteiger partial charge in [-0.25, -0.2) is 4.79 Å². The van der Waals surface area contributed by atoms with Crippen LogP contribution in [0.1, 0.15) is 24.3 Å². The lowest BCUT2D eigenvalue weighted by Gasteiger charge is -2.32. The molecule has 164 valence electrons. The number of fused-ring (bicyclic) bond motifs is 1. The quantitative estimate of drug-likeness (QED) is 0.358. The molecule has 0 bridgehead atoms. The van der Waals surface area contributed by atoms with Gasteiger partial charge >= 0.3 is 11.6 Å². The van der Waals surface area contributed by atoms with Crippen LogP contribution in [0.25, 0.3) is 22.1 Å². The number of hydrogen-bond acceptors (Lipinski definition) is 5. The lowest BCUT2D eigenvalue weighted by Crippen LogP contribution is -2.44. The maximum absolute atomic E-state index is 13.0. The molecule has 2 heterocycles. The van der Waals surface area contributed by atoms with Crippen molar-refractivity contribution in [1.29, 1.82) is 0 Å². The Kier molecular flexibility index (Phi) is 6.10. The van der Waals surface area contributed by atoms with Crippen molar-refractivity contribution in [2.45, 2.75) is 18.8 Å². The fraction of sp³-hybridized carbons (Fsp3) is 0.250. The molecule has 0 aliphatic carbocycles. The highest BCUT2D eigenvalue weighted by Gasteiger charge is 2.32. The molecule has 2 aromatic carbocycles. The summed E-state index contributed by atoms with van der Waals surface area (Å²) >= 11 is 6.31. The molecule has 8 heteroatoms. The monoisotopic (exact) mass is 453 g/mol. The molecule has 1 unspecified atom stereocenters. The Balaban J connectivity index is 1.72. The van der Waals surface area contributed by atoms with Crippen LogP contribution < -0.4 is 5.63 Å². The highest BCUT2D eigenvalue weighted by molar-refractivity contribution is 6.33. The number of halogens is 1. The van der Waals surface area contributed by atoms with E-state index in [1.807, 2.05) is 0 Å². The smallest absolute Gasteiger partial charge is 0.336 e. The van der Waals surface area contributed by atoms with Gasteiger partial charge in [0.15, 0.2) is 0 Å². The molecule has 7 nitrogen and oxygen atoms in total. The molecule has 1 aliphatic rings. The minimum atomic E-state index is -1.12. The zero-order chi connectivity index (χ0) is 22.8. The van der Waals surface area contributed by atoms with E-state index in [1.54, 1.807) is 36.4 Å². The molecular formula is C24H20ClNO6. The van der Waals surface area contributed by atoms with Gasteiger partial charge in [0.05, 0.1) is 5.92 Å². The van der Waals surface area contributed by atoms with E-state index in [9.17, 15) is 24.3 Å². The lowest BCUT2D eigenvalue weighted by molar-refractivity contribution is -0.146. The number of carbonyl (C=O) groups is 3. The standard InChI is InChI=1S/C24H20ClNO6/c25-20-6-2-1-5-16(20)18-11-22(28)32-21-10-14(7-8-17(18)21)19(13-27)23(29)26-9-3-4-15(12-26)24(30)31/h1-2,5-8,10-11,13,15,19H,3-4,9,12H2,(H,30,31)/t15-,19?/m0/s1. The topological polar surface area (TPSA) is 105 Å². The zero-order valence-electron chi connectivity index (χ0n) is 17.0. The first kappa shape index (κ1) is 21.8. The number of carboxylic acids is 1. The summed E-state index contributed by atoms with van der Waals surface area (Å²) in [5.41, 5.74) is 1.26. The van der Waals surface area contributed by atoms with Crippen molar-refractivity contribution in [3.8, 4) is 11.1 Å². The SMILES string of the molecule is O=CC(C(=O)N1CCC[C@H](C(=O)O)C1)c1ccc2c(-c3ccccc3Cl)cc(=O)oc2c1. The summed E-state index contributed by atoms with van der Waals surface area (Å²) in [5.74, 6) is -3.19. The summed E-state index contributed by atoms with van der Waals surface area (Å²) in [4.78, 5) is 49.8. The van der Waals surface area contributed by atoms with Crippen LogP contribution in [-0.4, -0.2) is 41.3 Å². The molecule has 32 heavy (non-hydrogen) atoms. The number of likely N-dealkylation sites (tertiary alicyclic amines) is 1. The van der Waals surface area contributed by atoms with Crippen molar-refractivity contribution >= 4 is 40.7 Å². The number of aldehydes is 1. The minimum absolute atomic E-state index is 0.0673. The highest BCUT2D eigenvalue weighted by Crippen LogP contribution is 2.34. The van der Waals surface area contributed by atoms with Gasteiger partial charge in [-0.3, -0.25) is 9.59 Å². The number of amides is 1. The van der Waals surface area contributed by atoms with Gasteiger partial charge in [0.2, 0.25) is 5.91 Å². The predicted octanol–water partition coefficient (Wildman–Crippen LogP) is 3.72. The van der Waals surface area contributed by atoms with Crippen molar-refractivity contribution in [2.75, 3.05) is 13.1 Å². The molecule has 0 saturated carbocycles. The largest absolute Gasteiger partial charge is 0.481 e. The molecule has 4 rings (SSSR count). The Morgan fingerprint density at radius 1 is 1.16 bits per heavy atom. The van der Waals surface area contributed by atoms with Crippen LogP contribution in [0.15, 0.2) is 57.7 Å². The summed E-state index contributed by atoms with van der Waals surface area (Å²) in [6, 6.07) is 13.3. The van der Waals surface area contributed by atoms with E-state index in [1.165, 1.54) is 17.0 Å². The number of hydrogen-bond donors (Lipinski definition) is 1. The second-order valence-corrected chi connectivity index (χ2v) is 8.20. The fourth-order valence-corrected chi connectivity index (χ4v) is 4.37. The third kappa shape index (κ3) is 4.16. The van der Waals surface area contributed by atoms with E-state index in [2.05, 4.69) is 0 Å². The maximum atomic E-state index is 13.0.